The van der Waals surface area contributed by atoms with Crippen LogP contribution >= 0.6 is 0 Å². The molecule has 0 atom stereocenters. The number of rotatable bonds is 6. The van der Waals surface area contributed by atoms with Gasteiger partial charge in [-0.3, -0.25) is 9.59 Å². The number of halogens is 3. The molecule has 0 saturated heterocycles. The van der Waals surface area contributed by atoms with E-state index >= 15 is 0 Å². The van der Waals surface area contributed by atoms with Crippen LogP contribution in [0.3, 0.4) is 0 Å². The molecule has 9 heteroatoms. The number of ether oxygens (including phenoxy) is 2. The van der Waals surface area contributed by atoms with E-state index in [9.17, 15) is 22.8 Å². The molecule has 26 heavy (non-hydrogen) atoms. The topological polar surface area (TPSA) is 76.7 Å². The monoisotopic (exact) mass is 368 g/mol. The van der Waals surface area contributed by atoms with Crippen molar-refractivity contribution in [1.82, 2.24) is 5.32 Å². The van der Waals surface area contributed by atoms with E-state index in [1.165, 1.54) is 20.3 Å². The second-order valence-corrected chi connectivity index (χ2v) is 4.99. The summed E-state index contributed by atoms with van der Waals surface area (Å²) < 4.78 is 49.7. The number of nitrogens with one attached hydrogen (secondary N) is 2. The summed E-state index contributed by atoms with van der Waals surface area (Å²) in [6.45, 7) is -0.530. The Kier molecular flexibility index (Phi) is 6.05. The highest BCUT2D eigenvalue weighted by Crippen LogP contribution is 2.30. The van der Waals surface area contributed by atoms with Crippen molar-refractivity contribution in [3.05, 3.63) is 53.3 Å². The molecule has 0 fully saturated rings. The van der Waals surface area contributed by atoms with Crippen LogP contribution in [0.4, 0.5) is 18.9 Å². The smallest absolute Gasteiger partial charge is 0.255 e. The summed E-state index contributed by atoms with van der Waals surface area (Å²) in [7, 11) is 2.76. The van der Waals surface area contributed by atoms with Gasteiger partial charge in [0.25, 0.3) is 5.91 Å². The number of amides is 2. The van der Waals surface area contributed by atoms with E-state index in [1.54, 1.807) is 12.1 Å². The van der Waals surface area contributed by atoms with Gasteiger partial charge in [-0.1, -0.05) is 6.07 Å². The molecular weight excluding hydrogens is 353 g/mol. The summed E-state index contributed by atoms with van der Waals surface area (Å²) in [4.78, 5) is 24.0. The molecule has 0 radical (unpaired) electrons. The average Bonchev–Trinajstić information content (AvgIpc) is 2.65. The highest BCUT2D eigenvalue weighted by molar-refractivity contribution is 6.01. The predicted molar refractivity (Wildman–Crippen MR) is 86.8 cm³/mol. The van der Waals surface area contributed by atoms with Crippen molar-refractivity contribution in [2.45, 2.75) is 0 Å². The number of carbonyl (C=O) groups excluding carboxylic acids is 2. The van der Waals surface area contributed by atoms with E-state index in [0.29, 0.717) is 11.8 Å². The van der Waals surface area contributed by atoms with Gasteiger partial charge < -0.3 is 20.1 Å². The molecule has 0 aliphatic rings. The molecular formula is C17H15F3N2O4. The van der Waals surface area contributed by atoms with Gasteiger partial charge >= 0.3 is 0 Å². The summed E-state index contributed by atoms with van der Waals surface area (Å²) in [5.74, 6) is -5.56. The van der Waals surface area contributed by atoms with Crippen molar-refractivity contribution in [3.63, 3.8) is 0 Å². The Hall–Kier alpha value is -3.23. The molecule has 2 rings (SSSR count). The molecule has 6 nitrogen and oxygen atoms in total. The van der Waals surface area contributed by atoms with Crippen molar-refractivity contribution >= 4 is 17.5 Å². The zero-order valence-electron chi connectivity index (χ0n) is 13.9. The third-order valence-corrected chi connectivity index (χ3v) is 3.37. The molecule has 2 aromatic carbocycles. The van der Waals surface area contributed by atoms with Crippen molar-refractivity contribution in [2.24, 2.45) is 0 Å². The lowest BCUT2D eigenvalue weighted by molar-refractivity contribution is -0.115. The molecule has 0 heterocycles. The quantitative estimate of drug-likeness (QED) is 0.768. The Morgan fingerprint density at radius 1 is 1.00 bits per heavy atom. The summed E-state index contributed by atoms with van der Waals surface area (Å²) in [5, 5.41) is 4.36. The summed E-state index contributed by atoms with van der Waals surface area (Å²) in [5.41, 5.74) is -0.416. The normalized spacial score (nSPS) is 10.2. The van der Waals surface area contributed by atoms with E-state index < -0.39 is 41.5 Å². The molecule has 138 valence electrons. The SMILES string of the molecule is COc1cccc(C(=O)NCC(=O)Nc2ccc(F)c(F)c2F)c1OC. The zero-order chi connectivity index (χ0) is 19.3. The third kappa shape index (κ3) is 4.05. The van der Waals surface area contributed by atoms with Crippen LogP contribution in [0, 0.1) is 17.5 Å². The van der Waals surface area contributed by atoms with Crippen LogP contribution in [0.1, 0.15) is 10.4 Å². The lowest BCUT2D eigenvalue weighted by atomic mass is 10.1. The van der Waals surface area contributed by atoms with Crippen LogP contribution in [-0.4, -0.2) is 32.6 Å². The van der Waals surface area contributed by atoms with Gasteiger partial charge in [-0.15, -0.1) is 0 Å². The Labute approximate surface area is 146 Å². The Balaban J connectivity index is 2.04. The molecule has 0 unspecified atom stereocenters. The lowest BCUT2D eigenvalue weighted by Crippen LogP contribution is -2.33. The molecule has 0 aliphatic carbocycles. The van der Waals surface area contributed by atoms with Gasteiger partial charge in [0.1, 0.15) is 0 Å². The first-order valence-electron chi connectivity index (χ1n) is 7.31. The maximum absolute atomic E-state index is 13.5. The van der Waals surface area contributed by atoms with Gasteiger partial charge in [-0.25, -0.2) is 13.2 Å². The van der Waals surface area contributed by atoms with Gasteiger partial charge in [0, 0.05) is 0 Å². The van der Waals surface area contributed by atoms with Gasteiger partial charge in [0.2, 0.25) is 5.91 Å². The fourth-order valence-electron chi connectivity index (χ4n) is 2.14. The van der Waals surface area contributed by atoms with E-state index in [2.05, 4.69) is 5.32 Å². The van der Waals surface area contributed by atoms with Crippen LogP contribution in [-0.2, 0) is 4.79 Å². The van der Waals surface area contributed by atoms with Crippen molar-refractivity contribution < 1.29 is 32.2 Å². The maximum atomic E-state index is 13.5. The Morgan fingerprint density at radius 2 is 1.73 bits per heavy atom. The first-order valence-corrected chi connectivity index (χ1v) is 7.31. The number of para-hydroxylation sites is 1. The molecule has 0 spiro atoms. The van der Waals surface area contributed by atoms with Crippen molar-refractivity contribution in [3.8, 4) is 11.5 Å². The number of hydrogen-bond donors (Lipinski definition) is 2. The standard InChI is InChI=1S/C17H15F3N2O4/c1-25-12-5-3-4-9(16(12)26-2)17(24)21-8-13(23)22-11-7-6-10(18)14(19)15(11)20/h3-7H,8H2,1-2H3,(H,21,24)(H,22,23). The molecule has 0 aromatic heterocycles. The first-order chi connectivity index (χ1) is 12.4. The van der Waals surface area contributed by atoms with Gasteiger partial charge in [-0.2, -0.15) is 0 Å². The second kappa shape index (κ2) is 8.24. The van der Waals surface area contributed by atoms with E-state index in [-0.39, 0.29) is 11.3 Å². The highest BCUT2D eigenvalue weighted by Gasteiger charge is 2.18. The predicted octanol–water partition coefficient (Wildman–Crippen LogP) is 2.49. The molecule has 2 amide bonds. The van der Waals surface area contributed by atoms with Gasteiger partial charge in [0.15, 0.2) is 29.0 Å². The summed E-state index contributed by atoms with van der Waals surface area (Å²) >= 11 is 0. The second-order valence-electron chi connectivity index (χ2n) is 4.99. The first kappa shape index (κ1) is 19.1. The fourth-order valence-corrected chi connectivity index (χ4v) is 2.14. The van der Waals surface area contributed by atoms with Crippen molar-refractivity contribution in [2.75, 3.05) is 26.1 Å². The largest absolute Gasteiger partial charge is 0.493 e. The van der Waals surface area contributed by atoms with Crippen LogP contribution in [0.15, 0.2) is 30.3 Å². The van der Waals surface area contributed by atoms with Gasteiger partial charge in [-0.05, 0) is 24.3 Å². The molecule has 0 bridgehead atoms. The van der Waals surface area contributed by atoms with Crippen LogP contribution in [0.5, 0.6) is 11.5 Å². The van der Waals surface area contributed by atoms with E-state index in [0.717, 1.165) is 6.07 Å². The third-order valence-electron chi connectivity index (χ3n) is 3.37. The number of hydrogen-bond acceptors (Lipinski definition) is 4. The number of benzene rings is 2. The molecule has 0 aliphatic heterocycles. The van der Waals surface area contributed by atoms with E-state index in [1.807, 2.05) is 5.32 Å². The molecule has 0 saturated carbocycles. The van der Waals surface area contributed by atoms with Gasteiger partial charge in [0.05, 0.1) is 32.0 Å². The number of anilines is 1. The molecule has 2 aromatic rings. The van der Waals surface area contributed by atoms with Crippen molar-refractivity contribution in [1.29, 1.82) is 0 Å². The van der Waals surface area contributed by atoms with Crippen LogP contribution < -0.4 is 20.1 Å². The minimum absolute atomic E-state index is 0.124. The van der Waals surface area contributed by atoms with E-state index in [4.69, 9.17) is 9.47 Å². The highest BCUT2D eigenvalue weighted by atomic mass is 19.2. The number of methoxy groups -OCH3 is 2. The maximum Gasteiger partial charge on any atom is 0.255 e. The Morgan fingerprint density at radius 3 is 2.38 bits per heavy atom. The average molecular weight is 368 g/mol. The summed E-state index contributed by atoms with van der Waals surface area (Å²) in [6.07, 6.45) is 0. The zero-order valence-corrected chi connectivity index (χ0v) is 13.9. The lowest BCUT2D eigenvalue weighted by Gasteiger charge is -2.12. The Bertz CT molecular complexity index is 843. The fraction of sp³-hybridized carbons (Fsp3) is 0.176. The minimum atomic E-state index is -1.70. The minimum Gasteiger partial charge on any atom is -0.493 e. The summed E-state index contributed by atoms with van der Waals surface area (Å²) in [6, 6.07) is 6.16. The van der Waals surface area contributed by atoms with Crippen LogP contribution in [0.25, 0.3) is 0 Å². The molecule has 2 N–H and O–H groups in total. The van der Waals surface area contributed by atoms with Crippen LogP contribution in [0.2, 0.25) is 0 Å². The number of carbonyl (C=O) groups is 2.